The first-order valence-corrected chi connectivity index (χ1v) is 14.5. The van der Waals surface area contributed by atoms with Crippen LogP contribution in [0.2, 0.25) is 0 Å². The van der Waals surface area contributed by atoms with Gasteiger partial charge in [0, 0.05) is 45.9 Å². The van der Waals surface area contributed by atoms with Crippen molar-refractivity contribution in [3.63, 3.8) is 0 Å². The van der Waals surface area contributed by atoms with Crippen LogP contribution in [0.15, 0.2) is 17.3 Å². The summed E-state index contributed by atoms with van der Waals surface area (Å²) in [6.07, 6.45) is 9.63. The van der Waals surface area contributed by atoms with E-state index in [1.807, 2.05) is 24.1 Å². The lowest BCUT2D eigenvalue weighted by Gasteiger charge is -2.25. The maximum absolute atomic E-state index is 13.4. The Balaban J connectivity index is 1.33. The van der Waals surface area contributed by atoms with Gasteiger partial charge in [-0.05, 0) is 56.8 Å². The molecule has 192 valence electrons. The first-order chi connectivity index (χ1) is 17.0. The summed E-state index contributed by atoms with van der Waals surface area (Å²) < 4.78 is 18.7. The van der Waals surface area contributed by atoms with E-state index in [1.54, 1.807) is 18.0 Å². The van der Waals surface area contributed by atoms with Crippen LogP contribution in [0.4, 0.5) is 0 Å². The molecule has 0 aromatic carbocycles. The number of thioether (sulfide) groups is 1. The predicted octanol–water partition coefficient (Wildman–Crippen LogP) is 4.77. The Morgan fingerprint density at radius 2 is 2.06 bits per heavy atom. The van der Waals surface area contributed by atoms with Gasteiger partial charge in [0.05, 0.1) is 28.1 Å². The zero-order chi connectivity index (χ0) is 24.6. The van der Waals surface area contributed by atoms with E-state index in [4.69, 9.17) is 14.2 Å². The summed E-state index contributed by atoms with van der Waals surface area (Å²) >= 11 is 2.95. The largest absolute Gasteiger partial charge is 0.381 e. The molecule has 2 fully saturated rings. The van der Waals surface area contributed by atoms with E-state index < -0.39 is 0 Å². The third kappa shape index (κ3) is 7.45. The van der Waals surface area contributed by atoms with E-state index in [1.165, 1.54) is 11.3 Å². The summed E-state index contributed by atoms with van der Waals surface area (Å²) in [6.45, 7) is 2.60. The second kappa shape index (κ2) is 13.1. The topological polar surface area (TPSA) is 92.5 Å². The molecule has 0 N–H and O–H groups in total. The molecule has 35 heavy (non-hydrogen) atoms. The number of ether oxygens (including phenoxy) is 3. The summed E-state index contributed by atoms with van der Waals surface area (Å²) in [5, 5.41) is 6.10. The van der Waals surface area contributed by atoms with E-state index in [-0.39, 0.29) is 36.6 Å². The highest BCUT2D eigenvalue weighted by atomic mass is 32.2. The van der Waals surface area contributed by atoms with Gasteiger partial charge in [-0.15, -0.1) is 23.1 Å². The van der Waals surface area contributed by atoms with Crippen LogP contribution in [0.25, 0.3) is 0 Å². The van der Waals surface area contributed by atoms with Gasteiger partial charge in [0.1, 0.15) is 5.78 Å². The second-order valence-corrected chi connectivity index (χ2v) is 11.1. The predicted molar refractivity (Wildman–Crippen MR) is 135 cm³/mol. The molecule has 0 aliphatic carbocycles. The standard InChI is InChI=1S/C25H35N3O5S2/c1-28-23(34-2)14-20(27-28)19(13-17-8-11-31-12-9-17)21(29)6-7-22(30)25-26-15-18(35-25)16-33-24-5-3-4-10-32-24/h14-15,17,19,24H,3-13,16H2,1-2H3. The van der Waals surface area contributed by atoms with Gasteiger partial charge in [-0.1, -0.05) is 0 Å². The number of nitrogens with zero attached hydrogens (tertiary/aromatic N) is 3. The zero-order valence-corrected chi connectivity index (χ0v) is 22.2. The fraction of sp³-hybridized carbons (Fsp3) is 0.680. The summed E-state index contributed by atoms with van der Waals surface area (Å²) in [5.74, 6) is 0.112. The quantitative estimate of drug-likeness (QED) is 0.291. The SMILES string of the molecule is CSc1cc(C(CC2CCOCC2)C(=O)CCC(=O)c2ncc(COC3CCCCO3)s2)nn1C. The Morgan fingerprint density at radius 3 is 2.77 bits per heavy atom. The highest BCUT2D eigenvalue weighted by Crippen LogP contribution is 2.32. The second-order valence-electron chi connectivity index (χ2n) is 9.21. The van der Waals surface area contributed by atoms with Crippen molar-refractivity contribution in [3.05, 3.63) is 27.8 Å². The number of aromatic nitrogens is 3. The van der Waals surface area contributed by atoms with Crippen molar-refractivity contribution >= 4 is 34.7 Å². The van der Waals surface area contributed by atoms with Gasteiger partial charge in [0.2, 0.25) is 0 Å². The van der Waals surface area contributed by atoms with E-state index in [0.717, 1.165) is 73.9 Å². The molecule has 2 unspecified atom stereocenters. The molecule has 2 atom stereocenters. The van der Waals surface area contributed by atoms with Crippen molar-refractivity contribution in [2.24, 2.45) is 13.0 Å². The Morgan fingerprint density at radius 1 is 1.23 bits per heavy atom. The van der Waals surface area contributed by atoms with E-state index in [2.05, 4.69) is 10.1 Å². The van der Waals surface area contributed by atoms with Crippen LogP contribution < -0.4 is 0 Å². The number of carbonyl (C=O) groups is 2. The summed E-state index contributed by atoms with van der Waals surface area (Å²) in [7, 11) is 1.90. The minimum absolute atomic E-state index is 0.0742. The zero-order valence-electron chi connectivity index (χ0n) is 20.6. The van der Waals surface area contributed by atoms with Crippen molar-refractivity contribution < 1.29 is 23.8 Å². The number of ketones is 2. The normalized spacial score (nSPS) is 20.1. The first kappa shape index (κ1) is 26.5. The Kier molecular flexibility index (Phi) is 9.91. The van der Waals surface area contributed by atoms with Crippen LogP contribution in [-0.2, 0) is 32.7 Å². The van der Waals surface area contributed by atoms with Gasteiger partial charge < -0.3 is 14.2 Å². The van der Waals surface area contributed by atoms with E-state index >= 15 is 0 Å². The van der Waals surface area contributed by atoms with Crippen molar-refractivity contribution in [2.75, 3.05) is 26.1 Å². The number of aryl methyl sites for hydroxylation is 1. The van der Waals surface area contributed by atoms with Gasteiger partial charge in [-0.25, -0.2) is 4.98 Å². The monoisotopic (exact) mass is 521 g/mol. The maximum atomic E-state index is 13.4. The van der Waals surface area contributed by atoms with Gasteiger partial charge in [0.25, 0.3) is 0 Å². The number of thiazole rings is 1. The van der Waals surface area contributed by atoms with E-state index in [9.17, 15) is 9.59 Å². The fourth-order valence-corrected chi connectivity index (χ4v) is 5.95. The third-order valence-electron chi connectivity index (χ3n) is 6.66. The third-order valence-corrected chi connectivity index (χ3v) is 8.47. The van der Waals surface area contributed by atoms with E-state index in [0.29, 0.717) is 17.5 Å². The van der Waals surface area contributed by atoms with Crippen LogP contribution in [0, 0.1) is 5.92 Å². The van der Waals surface area contributed by atoms with Gasteiger partial charge >= 0.3 is 0 Å². The molecule has 0 radical (unpaired) electrons. The van der Waals surface area contributed by atoms with Crippen molar-refractivity contribution in [1.29, 1.82) is 0 Å². The molecule has 2 aliphatic heterocycles. The molecule has 2 aromatic rings. The lowest BCUT2D eigenvalue weighted by atomic mass is 9.83. The summed E-state index contributed by atoms with van der Waals surface area (Å²) in [6, 6.07) is 2.01. The van der Waals surface area contributed by atoms with Crippen molar-refractivity contribution in [3.8, 4) is 0 Å². The van der Waals surface area contributed by atoms with Crippen LogP contribution in [0.1, 0.15) is 77.7 Å². The molecule has 2 aliphatic rings. The van der Waals surface area contributed by atoms with Gasteiger partial charge in [-0.3, -0.25) is 14.3 Å². The van der Waals surface area contributed by atoms with Gasteiger partial charge in [-0.2, -0.15) is 5.10 Å². The highest BCUT2D eigenvalue weighted by Gasteiger charge is 2.29. The molecule has 4 rings (SSSR count). The Bertz CT molecular complexity index is 980. The molecular formula is C25H35N3O5S2. The number of Topliss-reactive ketones (excluding diaryl/α,β-unsaturated/α-hetero) is 2. The average molecular weight is 522 g/mol. The molecular weight excluding hydrogens is 486 g/mol. The highest BCUT2D eigenvalue weighted by molar-refractivity contribution is 7.98. The molecule has 2 saturated heterocycles. The minimum Gasteiger partial charge on any atom is -0.381 e. The van der Waals surface area contributed by atoms with Crippen LogP contribution >= 0.6 is 23.1 Å². The number of hydrogen-bond donors (Lipinski definition) is 0. The molecule has 0 bridgehead atoms. The smallest absolute Gasteiger partial charge is 0.191 e. The Labute approximate surface area is 215 Å². The number of carbonyl (C=O) groups excluding carboxylic acids is 2. The van der Waals surface area contributed by atoms with Crippen LogP contribution in [-0.4, -0.2) is 58.7 Å². The first-order valence-electron chi connectivity index (χ1n) is 12.4. The Hall–Kier alpha value is -1.59. The molecule has 0 amide bonds. The maximum Gasteiger partial charge on any atom is 0.191 e. The summed E-state index contributed by atoms with van der Waals surface area (Å²) in [5.41, 5.74) is 0.805. The molecule has 10 heteroatoms. The molecule has 8 nitrogen and oxygen atoms in total. The van der Waals surface area contributed by atoms with Gasteiger partial charge in [0.15, 0.2) is 17.1 Å². The lowest BCUT2D eigenvalue weighted by molar-refractivity contribution is -0.168. The lowest BCUT2D eigenvalue weighted by Crippen LogP contribution is -2.22. The van der Waals surface area contributed by atoms with Crippen molar-refractivity contribution in [1.82, 2.24) is 14.8 Å². The molecule has 0 spiro atoms. The number of rotatable bonds is 12. The molecule has 0 saturated carbocycles. The van der Waals surface area contributed by atoms with Crippen LogP contribution in [0.3, 0.4) is 0 Å². The molecule has 2 aromatic heterocycles. The fourth-order valence-electron chi connectivity index (χ4n) is 4.60. The minimum atomic E-state index is -0.297. The van der Waals surface area contributed by atoms with Crippen LogP contribution in [0.5, 0.6) is 0 Å². The average Bonchev–Trinajstić information content (AvgIpc) is 3.52. The molecule has 4 heterocycles. The number of hydrogen-bond acceptors (Lipinski definition) is 9. The van der Waals surface area contributed by atoms with Crippen molar-refractivity contribution in [2.45, 2.75) is 75.2 Å². The summed E-state index contributed by atoms with van der Waals surface area (Å²) in [4.78, 5) is 31.3.